The summed E-state index contributed by atoms with van der Waals surface area (Å²) in [6.07, 6.45) is 0.440. The van der Waals surface area contributed by atoms with E-state index < -0.39 is 308 Å². The van der Waals surface area contributed by atoms with Gasteiger partial charge in [0.05, 0.1) is 45.3 Å². The number of aromatic nitrogens is 4. The second-order valence-corrected chi connectivity index (χ2v) is 34.1. The molecule has 5 rings (SSSR count). The largest absolute Gasteiger partial charge is 0.481 e. The number of hydrogen-bond donors (Lipinski definition) is 24. The van der Waals surface area contributed by atoms with Gasteiger partial charge in [-0.25, -0.2) is 9.97 Å². The maximum absolute atomic E-state index is 15.2. The maximum Gasteiger partial charge on any atom is 0.303 e. The number of aliphatic carboxylic acids is 2. The topological polar surface area (TPSA) is 755 Å². The highest BCUT2D eigenvalue weighted by Crippen LogP contribution is 2.27. The van der Waals surface area contributed by atoms with Crippen molar-refractivity contribution in [1.82, 2.24) is 99.3 Å². The van der Waals surface area contributed by atoms with Crippen LogP contribution in [0, 0.1) is 17.8 Å². The lowest BCUT2D eigenvalue weighted by Crippen LogP contribution is -2.62. The fourth-order valence-corrected chi connectivity index (χ4v) is 16.5. The molecule has 5 heterocycles. The average molecular weight is 1770 g/mol. The smallest absolute Gasteiger partial charge is 0.303 e. The quantitative estimate of drug-likeness (QED) is 0.0516. The Morgan fingerprint density at radius 1 is 0.492 bits per heavy atom. The highest BCUT2D eigenvalue weighted by atomic mass is 33.1. The Bertz CT molecular complexity index is 3940. The van der Waals surface area contributed by atoms with E-state index in [-0.39, 0.29) is 43.6 Å². The highest BCUT2D eigenvalue weighted by molar-refractivity contribution is 8.77. The van der Waals surface area contributed by atoms with Crippen LogP contribution in [0.1, 0.15) is 111 Å². The van der Waals surface area contributed by atoms with E-state index >= 15 is 4.79 Å². The number of aromatic amines is 2. The summed E-state index contributed by atoms with van der Waals surface area (Å²) in [4.78, 5) is 291. The molecule has 3 aliphatic rings. The van der Waals surface area contributed by atoms with Gasteiger partial charge in [0.2, 0.25) is 106 Å². The van der Waals surface area contributed by atoms with E-state index in [0.717, 1.165) is 55.0 Å². The number of nitrogens with two attached hydrogens (primary N) is 4. The molecular weight excluding hydrogens is 1660 g/mol. The first-order chi connectivity index (χ1) is 56.6. The van der Waals surface area contributed by atoms with E-state index in [2.05, 4.69) is 94.4 Å². The molecule has 3 saturated heterocycles. The van der Waals surface area contributed by atoms with Crippen LogP contribution in [0.3, 0.4) is 0 Å². The average Bonchev–Trinajstić information content (AvgIpc) is 1.63. The molecular formula is C69H107N23O24S4. The summed E-state index contributed by atoms with van der Waals surface area (Å²) in [6.45, 7) is 7.40. The molecule has 2 bridgehead atoms. The zero-order chi connectivity index (χ0) is 89.8. The lowest BCUT2D eigenvalue weighted by Gasteiger charge is -2.31. The lowest BCUT2D eigenvalue weighted by atomic mass is 10.0. The highest BCUT2D eigenvalue weighted by Gasteiger charge is 2.43. The summed E-state index contributed by atoms with van der Waals surface area (Å²) in [5.41, 5.74) is 23.0. The zero-order valence-corrected chi connectivity index (χ0v) is 69.9. The molecule has 18 amide bonds. The zero-order valence-electron chi connectivity index (χ0n) is 66.7. The molecule has 3 unspecified atom stereocenters. The predicted molar refractivity (Wildman–Crippen MR) is 430 cm³/mol. The fraction of sp³-hybridized carbons (Fsp3) is 0.623. The van der Waals surface area contributed by atoms with Gasteiger partial charge in [-0.05, 0) is 49.9 Å². The van der Waals surface area contributed by atoms with Crippen molar-refractivity contribution < 1.29 is 116 Å². The molecule has 0 spiro atoms. The number of carboxylic acids is 2. The predicted octanol–water partition coefficient (Wildman–Crippen LogP) is -9.63. The third-order valence-corrected chi connectivity index (χ3v) is 22.7. The third kappa shape index (κ3) is 34.8. The molecule has 0 aromatic carbocycles. The minimum absolute atomic E-state index is 0.0348. The summed E-state index contributed by atoms with van der Waals surface area (Å²) in [6, 6.07) is -26.2. The first-order valence-corrected chi connectivity index (χ1v) is 42.7. The molecule has 0 saturated carbocycles. The monoisotopic (exact) mass is 1770 g/mol. The minimum Gasteiger partial charge on any atom is -0.481 e. The van der Waals surface area contributed by atoms with Gasteiger partial charge in [0.1, 0.15) is 90.6 Å². The van der Waals surface area contributed by atoms with E-state index in [1.54, 1.807) is 27.7 Å². The van der Waals surface area contributed by atoms with Gasteiger partial charge in [0, 0.05) is 79.5 Å². The van der Waals surface area contributed by atoms with E-state index in [1.165, 1.54) is 38.9 Å². The number of carboxylic acid groups (broad SMARTS) is 2. The van der Waals surface area contributed by atoms with Gasteiger partial charge in [-0.1, -0.05) is 84.7 Å². The van der Waals surface area contributed by atoms with E-state index in [0.29, 0.717) is 0 Å². The van der Waals surface area contributed by atoms with Crippen LogP contribution in [0.4, 0.5) is 0 Å². The molecule has 0 radical (unpaired) electrons. The van der Waals surface area contributed by atoms with E-state index in [4.69, 9.17) is 32.8 Å². The number of hydrogen-bond acceptors (Lipinski definition) is 29. The minimum atomic E-state index is -2.03. The standard InChI is InChI=1S/C67H103N23O22S4.C2H4O2/c1-29(2)12-35-55(100)77-34(9-10-51(96)97)54(99)80-38(15-33-20-73-28-75-33)58(103)84-41(21-91)60(105)82-39(16-48(69)93)59(104)79-36(13-30(3)4)56(101)86-43(53(71)98)23-113-115-25-45-64(109)85-42(22-92)61(106)83-40(17-49(70)94)67(112)90-11-7-8-47(90)65(110)89-52(31(5)6)66(111)88-46(26-116-114-24-44(62(107)87-45)76-50(95)18-68)63(108)81-37(57(102)78-35)14-32-19-72-27-74-32;1-2(3)4/h19-20,27-31,34-47,52,91-92H,7-18,21-26,68H2,1-6H3,(H2,69,93)(H2,70,94)(H2,71,98)(H,72,74)(H,73,75)(H,76,95)(H,77,100)(H,78,102)(H,79,104)(H,80,99)(H,81,108)(H,82,105)(H,83,106)(H,84,103)(H,85,109)(H,86,101)(H,87,107)(H,88,111)(H,89,110)(H,96,97);1H3,(H,3,4)/t34-,35-,36-,37?,38-,39?,40-,41-,42-,43-,44-,45-,46-,47-,52?;/m0./s1. The molecule has 120 heavy (non-hydrogen) atoms. The lowest BCUT2D eigenvalue weighted by molar-refractivity contribution is -0.143. The van der Waals surface area contributed by atoms with Crippen LogP contribution in [-0.4, -0.2) is 303 Å². The molecule has 666 valence electrons. The summed E-state index contributed by atoms with van der Waals surface area (Å²) in [5, 5.41) is 72.7. The second-order valence-electron chi connectivity index (χ2n) is 29.0. The summed E-state index contributed by atoms with van der Waals surface area (Å²) in [5.74, 6) is -26.4. The van der Waals surface area contributed by atoms with Crippen LogP contribution in [0.25, 0.3) is 0 Å². The molecule has 47 nitrogen and oxygen atoms in total. The van der Waals surface area contributed by atoms with Gasteiger partial charge in [0.25, 0.3) is 5.97 Å². The van der Waals surface area contributed by atoms with Crippen LogP contribution >= 0.6 is 43.2 Å². The number of aliphatic hydroxyl groups is 2. The molecule has 3 fully saturated rings. The summed E-state index contributed by atoms with van der Waals surface area (Å²) < 4.78 is 0. The Kier molecular flexibility index (Phi) is 43.0. The Morgan fingerprint density at radius 3 is 1.35 bits per heavy atom. The number of aliphatic hydroxyl groups excluding tert-OH is 2. The molecule has 2 aromatic rings. The van der Waals surface area contributed by atoms with Crippen molar-refractivity contribution in [3.05, 3.63) is 36.4 Å². The molecule has 0 aliphatic carbocycles. The first-order valence-electron chi connectivity index (χ1n) is 37.7. The van der Waals surface area contributed by atoms with Crippen molar-refractivity contribution in [3.8, 4) is 0 Å². The van der Waals surface area contributed by atoms with Crippen molar-refractivity contribution in [3.63, 3.8) is 0 Å². The number of rotatable bonds is 21. The fourth-order valence-electron chi connectivity index (χ4n) is 11.8. The van der Waals surface area contributed by atoms with Gasteiger partial charge < -0.3 is 133 Å². The SMILES string of the molecule is CC(=O)O.CC(C)C[C@@H]1NC(=O)C(CC(N)=O)NC(=O)[C@H](CO)NC(=O)[C@H](Cc2cnc[nH]2)NC(=O)[C@H](CCC(=O)O)NC(=O)[C@H](CC(C)C)NC(=O)C(Cc2cnc[nH]2)NC(=O)[C@@H]2CSSC[C@H](NC(=O)CN)C(=O)N[C@@H](CSSC[C@@H](C(N)=O)NC1=O)C(=O)N[C@@H](CO)C(=O)N[C@@H](CC(N)=O)C(=O)N1CCC[C@H]1C(=O)NC(C(C)C)C(=O)N2. The van der Waals surface area contributed by atoms with Crippen LogP contribution in [0.5, 0.6) is 0 Å². The van der Waals surface area contributed by atoms with Gasteiger partial charge in [-0.2, -0.15) is 0 Å². The van der Waals surface area contributed by atoms with Crippen LogP contribution in [0.2, 0.25) is 0 Å². The number of H-pyrrole nitrogens is 2. The number of nitrogens with one attached hydrogen (secondary N) is 16. The van der Waals surface area contributed by atoms with Crippen LogP contribution in [0.15, 0.2) is 25.0 Å². The Balaban J connectivity index is 0.00000739. The van der Waals surface area contributed by atoms with Crippen LogP contribution < -0.4 is 97.4 Å². The van der Waals surface area contributed by atoms with E-state index in [9.17, 15) is 102 Å². The Morgan fingerprint density at radius 2 is 0.892 bits per heavy atom. The van der Waals surface area contributed by atoms with Crippen molar-refractivity contribution in [2.45, 2.75) is 203 Å². The summed E-state index contributed by atoms with van der Waals surface area (Å²) in [7, 11) is 3.10. The third-order valence-electron chi connectivity index (χ3n) is 17.8. The molecule has 51 heteroatoms. The van der Waals surface area contributed by atoms with Crippen LogP contribution in [-0.2, 0) is 109 Å². The van der Waals surface area contributed by atoms with Gasteiger partial charge >= 0.3 is 5.97 Å². The number of fused-ring (bicyclic) bond motifs is 9. The Labute approximate surface area is 703 Å². The number of imidazole rings is 2. The summed E-state index contributed by atoms with van der Waals surface area (Å²) >= 11 is 0. The van der Waals surface area contributed by atoms with Crippen molar-refractivity contribution in [2.24, 2.45) is 40.7 Å². The number of amides is 18. The van der Waals surface area contributed by atoms with Gasteiger partial charge in [0.15, 0.2) is 0 Å². The molecule has 28 N–H and O–H groups in total. The van der Waals surface area contributed by atoms with Crippen molar-refractivity contribution >= 4 is 161 Å². The maximum atomic E-state index is 15.2. The molecule has 15 atom stereocenters. The van der Waals surface area contributed by atoms with Gasteiger partial charge in [-0.15, -0.1) is 0 Å². The number of carbonyl (C=O) groups is 20. The Hall–Kier alpha value is -10.9. The van der Waals surface area contributed by atoms with Crippen molar-refractivity contribution in [1.29, 1.82) is 0 Å². The molecule has 2 aromatic heterocycles. The number of nitrogens with zero attached hydrogens (tertiary/aromatic N) is 3. The van der Waals surface area contributed by atoms with E-state index in [1.807, 2.05) is 0 Å². The van der Waals surface area contributed by atoms with Crippen molar-refractivity contribution in [2.75, 3.05) is 49.3 Å². The van der Waals surface area contributed by atoms with Gasteiger partial charge in [-0.3, -0.25) is 95.9 Å². The number of primary amides is 3. The molecule has 3 aliphatic heterocycles. The normalized spacial score (nSPS) is 26.2. The second kappa shape index (κ2) is 50.9. The first kappa shape index (κ1) is 101. The number of carbonyl (C=O) groups excluding carboxylic acids is 18.